The summed E-state index contributed by atoms with van der Waals surface area (Å²) < 4.78 is 0. The van der Waals surface area contributed by atoms with E-state index < -0.39 is 0 Å². The molecule has 2 rings (SSSR count). The van der Waals surface area contributed by atoms with Crippen LogP contribution in [0.3, 0.4) is 0 Å². The fourth-order valence-corrected chi connectivity index (χ4v) is 1.73. The van der Waals surface area contributed by atoms with Crippen molar-refractivity contribution in [1.82, 2.24) is 9.97 Å². The minimum atomic E-state index is 0.0142. The molecule has 7 nitrogen and oxygen atoms in total. The van der Waals surface area contributed by atoms with Crippen LogP contribution in [0, 0.1) is 13.8 Å². The molecule has 0 aliphatic rings. The molecule has 0 atom stereocenters. The minimum Gasteiger partial charge on any atom is -0.382 e. The van der Waals surface area contributed by atoms with Crippen LogP contribution in [0.5, 0.6) is 0 Å². The average Bonchev–Trinajstić information content (AvgIpc) is 2.25. The highest BCUT2D eigenvalue weighted by atomic mass is 15.2. The van der Waals surface area contributed by atoms with Crippen molar-refractivity contribution in [3.63, 3.8) is 0 Å². The van der Waals surface area contributed by atoms with Gasteiger partial charge in [0.1, 0.15) is 0 Å². The molecule has 0 fully saturated rings. The Labute approximate surface area is 110 Å². The van der Waals surface area contributed by atoms with E-state index in [0.717, 1.165) is 11.1 Å². The molecular weight excluding hydrogens is 242 g/mol. The monoisotopic (exact) mass is 257 g/mol. The standard InChI is InChI=1S/C12H15N7/c1-6-3-7(2)5-8(4-6)18-19-9-10(13)16-12(15)17-11(9)14/h3-5H,1-2H3,(H6,13,14,15,16,17). The zero-order valence-electron chi connectivity index (χ0n) is 10.8. The van der Waals surface area contributed by atoms with Crippen molar-refractivity contribution in [1.29, 1.82) is 0 Å². The number of nitrogen functional groups attached to an aromatic ring is 3. The van der Waals surface area contributed by atoms with Crippen LogP contribution in [-0.2, 0) is 0 Å². The van der Waals surface area contributed by atoms with Gasteiger partial charge in [-0.25, -0.2) is 0 Å². The van der Waals surface area contributed by atoms with Crippen molar-refractivity contribution in [3.8, 4) is 0 Å². The number of hydrogen-bond acceptors (Lipinski definition) is 7. The SMILES string of the molecule is Cc1cc(C)cc(N=Nc2c(N)nc(N)nc2N)c1. The van der Waals surface area contributed by atoms with E-state index in [2.05, 4.69) is 20.2 Å². The van der Waals surface area contributed by atoms with Gasteiger partial charge < -0.3 is 17.2 Å². The van der Waals surface area contributed by atoms with Crippen LogP contribution in [0.4, 0.5) is 29.0 Å². The first-order chi connectivity index (χ1) is 8.95. The number of rotatable bonds is 2. The van der Waals surface area contributed by atoms with Crippen LogP contribution < -0.4 is 17.2 Å². The Morgan fingerprint density at radius 1 is 0.842 bits per heavy atom. The van der Waals surface area contributed by atoms with Gasteiger partial charge in [0.05, 0.1) is 5.69 Å². The molecule has 0 unspecified atom stereocenters. The van der Waals surface area contributed by atoms with Gasteiger partial charge in [-0.3, -0.25) is 0 Å². The van der Waals surface area contributed by atoms with Crippen LogP contribution in [0.25, 0.3) is 0 Å². The number of anilines is 3. The predicted octanol–water partition coefficient (Wildman–Crippen LogP) is 2.26. The van der Waals surface area contributed by atoms with E-state index in [1.165, 1.54) is 0 Å². The molecule has 0 saturated carbocycles. The molecule has 1 heterocycles. The van der Waals surface area contributed by atoms with Crippen molar-refractivity contribution in [2.45, 2.75) is 13.8 Å². The molecule has 0 aliphatic heterocycles. The molecule has 6 N–H and O–H groups in total. The summed E-state index contributed by atoms with van der Waals surface area (Å²) in [5.74, 6) is 0.233. The van der Waals surface area contributed by atoms with Gasteiger partial charge in [0.2, 0.25) is 5.95 Å². The number of aryl methyl sites for hydroxylation is 2. The molecule has 98 valence electrons. The molecule has 2 aromatic rings. The van der Waals surface area contributed by atoms with Gasteiger partial charge in [0, 0.05) is 0 Å². The molecule has 0 radical (unpaired) electrons. The number of aromatic nitrogens is 2. The normalized spacial score (nSPS) is 11.1. The Bertz CT molecular complexity index is 605. The molecule has 1 aromatic heterocycles. The first kappa shape index (κ1) is 12.7. The second-order valence-electron chi connectivity index (χ2n) is 4.25. The number of azo groups is 1. The van der Waals surface area contributed by atoms with E-state index in [9.17, 15) is 0 Å². The largest absolute Gasteiger partial charge is 0.382 e. The smallest absolute Gasteiger partial charge is 0.224 e. The number of hydrogen-bond donors (Lipinski definition) is 3. The fourth-order valence-electron chi connectivity index (χ4n) is 1.73. The maximum absolute atomic E-state index is 5.68. The second-order valence-corrected chi connectivity index (χ2v) is 4.25. The molecule has 7 heteroatoms. The van der Waals surface area contributed by atoms with E-state index in [1.807, 2.05) is 32.0 Å². The fraction of sp³-hybridized carbons (Fsp3) is 0.167. The molecule has 0 saturated heterocycles. The van der Waals surface area contributed by atoms with Crippen molar-refractivity contribution >= 4 is 29.0 Å². The number of nitrogens with two attached hydrogens (primary N) is 3. The van der Waals surface area contributed by atoms with E-state index in [4.69, 9.17) is 17.2 Å². The van der Waals surface area contributed by atoms with Gasteiger partial charge in [0.15, 0.2) is 17.3 Å². The quantitative estimate of drug-likeness (QED) is 0.710. The highest BCUT2D eigenvalue weighted by molar-refractivity contribution is 5.71. The lowest BCUT2D eigenvalue weighted by Crippen LogP contribution is -2.03. The number of benzene rings is 1. The number of nitrogens with zero attached hydrogens (tertiary/aromatic N) is 4. The topological polar surface area (TPSA) is 129 Å². The molecule has 0 aliphatic carbocycles. The average molecular weight is 257 g/mol. The van der Waals surface area contributed by atoms with Crippen molar-refractivity contribution < 1.29 is 0 Å². The van der Waals surface area contributed by atoms with Crippen molar-refractivity contribution in [2.75, 3.05) is 17.2 Å². The van der Waals surface area contributed by atoms with Gasteiger partial charge in [-0.1, -0.05) is 6.07 Å². The molecule has 0 bridgehead atoms. The Balaban J connectivity index is 2.38. The van der Waals surface area contributed by atoms with Crippen LogP contribution in [0.1, 0.15) is 11.1 Å². The predicted molar refractivity (Wildman–Crippen MR) is 75.4 cm³/mol. The van der Waals surface area contributed by atoms with Crippen LogP contribution in [-0.4, -0.2) is 9.97 Å². The summed E-state index contributed by atoms with van der Waals surface area (Å²) in [6.07, 6.45) is 0. The Morgan fingerprint density at radius 2 is 1.37 bits per heavy atom. The van der Waals surface area contributed by atoms with Crippen LogP contribution >= 0.6 is 0 Å². The molecule has 0 amide bonds. The van der Waals surface area contributed by atoms with Crippen LogP contribution in [0.2, 0.25) is 0 Å². The lowest BCUT2D eigenvalue weighted by molar-refractivity contribution is 1.15. The molecule has 19 heavy (non-hydrogen) atoms. The maximum Gasteiger partial charge on any atom is 0.224 e. The highest BCUT2D eigenvalue weighted by Crippen LogP contribution is 2.29. The van der Waals surface area contributed by atoms with E-state index in [1.54, 1.807) is 0 Å². The summed E-state index contributed by atoms with van der Waals surface area (Å²) in [6.45, 7) is 3.97. The van der Waals surface area contributed by atoms with Crippen molar-refractivity contribution in [3.05, 3.63) is 29.3 Å². The van der Waals surface area contributed by atoms with Gasteiger partial charge in [-0.2, -0.15) is 15.1 Å². The summed E-state index contributed by atoms with van der Waals surface area (Å²) in [4.78, 5) is 7.58. The minimum absolute atomic E-state index is 0.0142. The summed E-state index contributed by atoms with van der Waals surface area (Å²) in [5, 5.41) is 8.09. The zero-order valence-corrected chi connectivity index (χ0v) is 10.8. The third-order valence-corrected chi connectivity index (χ3v) is 2.43. The first-order valence-electron chi connectivity index (χ1n) is 5.64. The Morgan fingerprint density at radius 3 is 1.89 bits per heavy atom. The first-order valence-corrected chi connectivity index (χ1v) is 5.64. The summed E-state index contributed by atoms with van der Waals surface area (Å²) >= 11 is 0. The highest BCUT2D eigenvalue weighted by Gasteiger charge is 2.07. The van der Waals surface area contributed by atoms with E-state index in [0.29, 0.717) is 5.69 Å². The molecule has 0 spiro atoms. The van der Waals surface area contributed by atoms with Crippen LogP contribution in [0.15, 0.2) is 28.4 Å². The van der Waals surface area contributed by atoms with Gasteiger partial charge in [-0.15, -0.1) is 5.11 Å². The third-order valence-electron chi connectivity index (χ3n) is 2.43. The summed E-state index contributed by atoms with van der Waals surface area (Å²) in [5.41, 5.74) is 19.9. The van der Waals surface area contributed by atoms with Crippen molar-refractivity contribution in [2.24, 2.45) is 10.2 Å². The van der Waals surface area contributed by atoms with Gasteiger partial charge in [-0.05, 0) is 37.1 Å². The molecular formula is C12H15N7. The Kier molecular flexibility index (Phi) is 3.28. The third kappa shape index (κ3) is 2.95. The lowest BCUT2D eigenvalue weighted by Gasteiger charge is -2.03. The lowest BCUT2D eigenvalue weighted by atomic mass is 10.1. The van der Waals surface area contributed by atoms with Gasteiger partial charge >= 0.3 is 0 Å². The molecule has 1 aromatic carbocycles. The maximum atomic E-state index is 5.68. The Hall–Kier alpha value is -2.70. The van der Waals surface area contributed by atoms with E-state index in [-0.39, 0.29) is 23.3 Å². The van der Waals surface area contributed by atoms with Gasteiger partial charge in [0.25, 0.3) is 0 Å². The second kappa shape index (κ2) is 4.89. The summed E-state index contributed by atoms with van der Waals surface area (Å²) in [7, 11) is 0. The van der Waals surface area contributed by atoms with E-state index >= 15 is 0 Å². The zero-order chi connectivity index (χ0) is 14.0. The summed E-state index contributed by atoms with van der Waals surface area (Å²) in [6, 6.07) is 5.86.